The standard InChI is InChI=1S/C8H10O3/c9-7-3-4-1-5(7)6(2-4)8(10)11/h4-6H,1-3H2,(H,10,11). The summed E-state index contributed by atoms with van der Waals surface area (Å²) in [5, 5.41) is 8.70. The summed E-state index contributed by atoms with van der Waals surface area (Å²) >= 11 is 0. The van der Waals surface area contributed by atoms with Gasteiger partial charge < -0.3 is 5.11 Å². The number of carboxylic acids is 1. The largest absolute Gasteiger partial charge is 0.481 e. The van der Waals surface area contributed by atoms with Crippen molar-refractivity contribution in [1.82, 2.24) is 0 Å². The van der Waals surface area contributed by atoms with E-state index in [2.05, 4.69) is 0 Å². The van der Waals surface area contributed by atoms with Gasteiger partial charge in [0.15, 0.2) is 0 Å². The van der Waals surface area contributed by atoms with E-state index in [0.717, 1.165) is 12.8 Å². The molecule has 2 saturated carbocycles. The molecule has 0 saturated heterocycles. The number of carboxylic acid groups (broad SMARTS) is 1. The van der Waals surface area contributed by atoms with Gasteiger partial charge in [-0.1, -0.05) is 0 Å². The molecule has 0 spiro atoms. The van der Waals surface area contributed by atoms with Gasteiger partial charge in [-0.2, -0.15) is 0 Å². The number of carbonyl (C=O) groups excluding carboxylic acids is 1. The predicted octanol–water partition coefficient (Wildman–Crippen LogP) is 0.686. The van der Waals surface area contributed by atoms with Crippen LogP contribution in [0.2, 0.25) is 0 Å². The molecule has 0 amide bonds. The highest BCUT2D eigenvalue weighted by Crippen LogP contribution is 2.46. The fourth-order valence-corrected chi connectivity index (χ4v) is 2.37. The molecule has 2 aliphatic rings. The molecule has 0 heterocycles. The van der Waals surface area contributed by atoms with Crippen molar-refractivity contribution in [3.05, 3.63) is 0 Å². The summed E-state index contributed by atoms with van der Waals surface area (Å²) in [6, 6.07) is 0. The SMILES string of the molecule is O=C(O)C1CC2CC(=O)C1C2. The van der Waals surface area contributed by atoms with Crippen molar-refractivity contribution in [2.75, 3.05) is 0 Å². The quantitative estimate of drug-likeness (QED) is 0.604. The Labute approximate surface area is 64.4 Å². The highest BCUT2D eigenvalue weighted by Gasteiger charge is 2.48. The van der Waals surface area contributed by atoms with E-state index >= 15 is 0 Å². The molecule has 3 nitrogen and oxygen atoms in total. The Morgan fingerprint density at radius 3 is 2.55 bits per heavy atom. The molecule has 60 valence electrons. The van der Waals surface area contributed by atoms with Gasteiger partial charge in [-0.15, -0.1) is 0 Å². The van der Waals surface area contributed by atoms with E-state index in [4.69, 9.17) is 5.11 Å². The Morgan fingerprint density at radius 2 is 2.18 bits per heavy atom. The summed E-state index contributed by atoms with van der Waals surface area (Å²) in [6.45, 7) is 0. The maximum atomic E-state index is 11.1. The van der Waals surface area contributed by atoms with Crippen LogP contribution in [-0.4, -0.2) is 16.9 Å². The zero-order valence-corrected chi connectivity index (χ0v) is 6.12. The lowest BCUT2D eigenvalue weighted by Gasteiger charge is -2.15. The molecule has 0 aliphatic heterocycles. The maximum absolute atomic E-state index is 11.1. The molecular weight excluding hydrogens is 144 g/mol. The van der Waals surface area contributed by atoms with E-state index in [9.17, 15) is 9.59 Å². The molecule has 2 aliphatic carbocycles. The van der Waals surface area contributed by atoms with Crippen LogP contribution in [0, 0.1) is 17.8 Å². The van der Waals surface area contributed by atoms with Gasteiger partial charge >= 0.3 is 5.97 Å². The van der Waals surface area contributed by atoms with Crippen LogP contribution in [0.25, 0.3) is 0 Å². The predicted molar refractivity (Wildman–Crippen MR) is 37.0 cm³/mol. The summed E-state index contributed by atoms with van der Waals surface area (Å²) in [5.74, 6) is -0.730. The Kier molecular flexibility index (Phi) is 1.28. The van der Waals surface area contributed by atoms with Crippen LogP contribution in [-0.2, 0) is 9.59 Å². The molecule has 2 rings (SSSR count). The van der Waals surface area contributed by atoms with Crippen molar-refractivity contribution >= 4 is 11.8 Å². The van der Waals surface area contributed by atoms with Gasteiger partial charge in [0.1, 0.15) is 5.78 Å². The van der Waals surface area contributed by atoms with E-state index in [1.165, 1.54) is 0 Å². The van der Waals surface area contributed by atoms with Gasteiger partial charge in [0.05, 0.1) is 5.92 Å². The number of aliphatic carboxylic acids is 1. The van der Waals surface area contributed by atoms with Gasteiger partial charge in [0, 0.05) is 12.3 Å². The molecule has 3 heteroatoms. The van der Waals surface area contributed by atoms with Crippen LogP contribution >= 0.6 is 0 Å². The van der Waals surface area contributed by atoms with E-state index in [-0.39, 0.29) is 17.6 Å². The van der Waals surface area contributed by atoms with Crippen LogP contribution in [0.3, 0.4) is 0 Å². The zero-order chi connectivity index (χ0) is 8.01. The summed E-state index contributed by atoms with van der Waals surface area (Å²) in [7, 11) is 0. The number of carbonyl (C=O) groups is 2. The Hall–Kier alpha value is -0.860. The van der Waals surface area contributed by atoms with Gasteiger partial charge in [-0.25, -0.2) is 0 Å². The molecule has 0 aromatic heterocycles. The molecule has 2 bridgehead atoms. The second kappa shape index (κ2) is 2.06. The van der Waals surface area contributed by atoms with Crippen molar-refractivity contribution in [2.24, 2.45) is 17.8 Å². The lowest BCUT2D eigenvalue weighted by molar-refractivity contribution is -0.146. The number of Topliss-reactive ketones (excluding diaryl/α,β-unsaturated/α-hetero) is 1. The summed E-state index contributed by atoms with van der Waals surface area (Å²) in [5.41, 5.74) is 0. The third-order valence-electron chi connectivity index (χ3n) is 2.88. The van der Waals surface area contributed by atoms with E-state index in [1.807, 2.05) is 0 Å². The first-order chi connectivity index (χ1) is 5.18. The van der Waals surface area contributed by atoms with E-state index < -0.39 is 5.97 Å². The third kappa shape index (κ3) is 0.870. The van der Waals surface area contributed by atoms with E-state index in [1.54, 1.807) is 0 Å². The minimum atomic E-state index is -0.787. The maximum Gasteiger partial charge on any atom is 0.307 e. The van der Waals surface area contributed by atoms with Gasteiger partial charge in [0.2, 0.25) is 0 Å². The lowest BCUT2D eigenvalue weighted by atomic mass is 9.88. The van der Waals surface area contributed by atoms with Crippen molar-refractivity contribution in [3.63, 3.8) is 0 Å². The second-order valence-corrected chi connectivity index (χ2v) is 3.56. The van der Waals surface area contributed by atoms with Gasteiger partial charge in [-0.3, -0.25) is 9.59 Å². The Balaban J connectivity index is 2.18. The highest BCUT2D eigenvalue weighted by atomic mass is 16.4. The van der Waals surface area contributed by atoms with Crippen LogP contribution < -0.4 is 0 Å². The first kappa shape index (κ1) is 6.83. The number of hydrogen-bond acceptors (Lipinski definition) is 2. The number of hydrogen-bond donors (Lipinski definition) is 1. The average molecular weight is 154 g/mol. The molecule has 0 aromatic carbocycles. The van der Waals surface area contributed by atoms with Crippen LogP contribution in [0.4, 0.5) is 0 Å². The van der Waals surface area contributed by atoms with Crippen molar-refractivity contribution < 1.29 is 14.7 Å². The van der Waals surface area contributed by atoms with Gasteiger partial charge in [0.25, 0.3) is 0 Å². The molecule has 0 radical (unpaired) electrons. The van der Waals surface area contributed by atoms with Gasteiger partial charge in [-0.05, 0) is 18.8 Å². The summed E-state index contributed by atoms with van der Waals surface area (Å²) in [4.78, 5) is 21.7. The Bertz CT molecular complexity index is 221. The fourth-order valence-electron chi connectivity index (χ4n) is 2.37. The molecule has 3 unspecified atom stereocenters. The van der Waals surface area contributed by atoms with Crippen LogP contribution in [0.1, 0.15) is 19.3 Å². The highest BCUT2D eigenvalue weighted by molar-refractivity contribution is 5.89. The van der Waals surface area contributed by atoms with Crippen LogP contribution in [0.5, 0.6) is 0 Å². The van der Waals surface area contributed by atoms with E-state index in [0.29, 0.717) is 12.3 Å². The summed E-state index contributed by atoms with van der Waals surface area (Å²) < 4.78 is 0. The molecule has 2 fully saturated rings. The molecule has 11 heavy (non-hydrogen) atoms. The molecule has 3 atom stereocenters. The molecule has 0 aromatic rings. The first-order valence-corrected chi connectivity index (χ1v) is 3.94. The molecule has 1 N–H and O–H groups in total. The minimum Gasteiger partial charge on any atom is -0.481 e. The Morgan fingerprint density at radius 1 is 1.45 bits per heavy atom. The summed E-state index contributed by atoms with van der Waals surface area (Å²) in [6.07, 6.45) is 2.19. The number of fused-ring (bicyclic) bond motifs is 2. The van der Waals surface area contributed by atoms with Crippen molar-refractivity contribution in [2.45, 2.75) is 19.3 Å². The second-order valence-electron chi connectivity index (χ2n) is 3.56. The average Bonchev–Trinajstić information content (AvgIpc) is 2.43. The fraction of sp³-hybridized carbons (Fsp3) is 0.750. The number of rotatable bonds is 1. The monoisotopic (exact) mass is 154 g/mol. The lowest BCUT2D eigenvalue weighted by Crippen LogP contribution is -2.26. The topological polar surface area (TPSA) is 54.4 Å². The molecular formula is C8H10O3. The normalized spacial score (nSPS) is 41.5. The third-order valence-corrected chi connectivity index (χ3v) is 2.88. The van der Waals surface area contributed by atoms with Crippen LogP contribution in [0.15, 0.2) is 0 Å². The minimum absolute atomic E-state index is 0.141. The zero-order valence-electron chi connectivity index (χ0n) is 6.12. The number of ketones is 1. The smallest absolute Gasteiger partial charge is 0.307 e. The van der Waals surface area contributed by atoms with Crippen molar-refractivity contribution in [1.29, 1.82) is 0 Å². The van der Waals surface area contributed by atoms with Crippen molar-refractivity contribution in [3.8, 4) is 0 Å². The first-order valence-electron chi connectivity index (χ1n) is 3.94.